The molecule has 7 nitrogen and oxygen atoms in total. The molecule has 31 heavy (non-hydrogen) atoms. The van der Waals surface area contributed by atoms with Crippen molar-refractivity contribution in [2.24, 2.45) is 0 Å². The molecule has 3 aromatic rings. The van der Waals surface area contributed by atoms with Gasteiger partial charge >= 0.3 is 5.97 Å². The van der Waals surface area contributed by atoms with Gasteiger partial charge in [0.1, 0.15) is 27.3 Å². The molecule has 0 saturated carbocycles. The molecule has 0 bridgehead atoms. The zero-order valence-corrected chi connectivity index (χ0v) is 19.5. The predicted molar refractivity (Wildman–Crippen MR) is 124 cm³/mol. The van der Waals surface area contributed by atoms with E-state index in [0.717, 1.165) is 65.0 Å². The van der Waals surface area contributed by atoms with E-state index in [2.05, 4.69) is 14.9 Å². The molecule has 0 spiro atoms. The van der Waals surface area contributed by atoms with E-state index in [1.165, 1.54) is 48.2 Å². The van der Waals surface area contributed by atoms with Gasteiger partial charge in [0.2, 0.25) is 0 Å². The van der Waals surface area contributed by atoms with E-state index in [1.807, 2.05) is 6.92 Å². The highest BCUT2D eigenvalue weighted by Gasteiger charge is 2.27. The zero-order valence-electron chi connectivity index (χ0n) is 17.8. The maximum atomic E-state index is 12.2. The summed E-state index contributed by atoms with van der Waals surface area (Å²) in [6.07, 6.45) is 6.82. The van der Waals surface area contributed by atoms with Gasteiger partial charge in [-0.1, -0.05) is 18.7 Å². The van der Waals surface area contributed by atoms with Crippen molar-refractivity contribution in [1.82, 2.24) is 15.0 Å². The number of carbonyl (C=O) groups excluding carboxylic acids is 1. The summed E-state index contributed by atoms with van der Waals surface area (Å²) in [6, 6.07) is 0. The summed E-state index contributed by atoms with van der Waals surface area (Å²) in [7, 11) is 1.43. The van der Waals surface area contributed by atoms with Crippen molar-refractivity contribution in [2.45, 2.75) is 49.3 Å². The number of morpholine rings is 1. The van der Waals surface area contributed by atoms with Crippen LogP contribution in [0.25, 0.3) is 20.4 Å². The zero-order chi connectivity index (χ0) is 21.4. The number of nitrogens with zero attached hydrogens (tertiary/aromatic N) is 4. The second-order valence-corrected chi connectivity index (χ2v) is 10.1. The highest BCUT2D eigenvalue weighted by atomic mass is 32.2. The summed E-state index contributed by atoms with van der Waals surface area (Å²) >= 11 is 3.11. The van der Waals surface area contributed by atoms with Gasteiger partial charge in [-0.3, -0.25) is 4.79 Å². The normalized spacial score (nSPS) is 17.7. The van der Waals surface area contributed by atoms with Gasteiger partial charge < -0.3 is 14.4 Å². The molecule has 164 valence electrons. The SMILES string of the molecule is CC[C@H](Sc1ncnc2c1sc1nc(N3CCOCC3)c3c(c12)CCCC3)C(=O)OC. The van der Waals surface area contributed by atoms with E-state index in [0.29, 0.717) is 6.42 Å². The van der Waals surface area contributed by atoms with Crippen LogP contribution in [0, 0.1) is 0 Å². The Hall–Kier alpha value is -1.97. The molecule has 0 radical (unpaired) electrons. The summed E-state index contributed by atoms with van der Waals surface area (Å²) in [5.74, 6) is 0.908. The van der Waals surface area contributed by atoms with Crippen molar-refractivity contribution in [1.29, 1.82) is 0 Å². The lowest BCUT2D eigenvalue weighted by molar-refractivity contribution is -0.140. The fourth-order valence-corrected chi connectivity index (χ4v) is 6.75. The smallest absolute Gasteiger partial charge is 0.319 e. The fraction of sp³-hybridized carbons (Fsp3) is 0.545. The van der Waals surface area contributed by atoms with Crippen LogP contribution < -0.4 is 4.90 Å². The van der Waals surface area contributed by atoms with Gasteiger partial charge in [0.05, 0.1) is 30.5 Å². The average molecular weight is 459 g/mol. The Morgan fingerprint density at radius 1 is 1.26 bits per heavy atom. The van der Waals surface area contributed by atoms with Gasteiger partial charge in [-0.15, -0.1) is 11.3 Å². The first-order valence-electron chi connectivity index (χ1n) is 10.9. The first-order valence-corrected chi connectivity index (χ1v) is 12.6. The Bertz CT molecular complexity index is 1130. The van der Waals surface area contributed by atoms with Crippen LogP contribution in [0.2, 0.25) is 0 Å². The van der Waals surface area contributed by atoms with Crippen LogP contribution in [0.4, 0.5) is 5.82 Å². The first kappa shape index (κ1) is 20.9. The molecule has 3 aromatic heterocycles. The molecule has 5 rings (SSSR count). The van der Waals surface area contributed by atoms with E-state index >= 15 is 0 Å². The lowest BCUT2D eigenvalue weighted by Gasteiger charge is -2.31. The minimum Gasteiger partial charge on any atom is -0.468 e. The number of carbonyl (C=O) groups is 1. The number of aryl methyl sites for hydroxylation is 1. The van der Waals surface area contributed by atoms with Crippen molar-refractivity contribution in [3.8, 4) is 0 Å². The van der Waals surface area contributed by atoms with Crippen molar-refractivity contribution >= 4 is 55.3 Å². The summed E-state index contributed by atoms with van der Waals surface area (Å²) < 4.78 is 11.6. The number of esters is 1. The van der Waals surface area contributed by atoms with Crippen LogP contribution in [0.3, 0.4) is 0 Å². The number of pyridine rings is 1. The molecular formula is C22H26N4O3S2. The number of anilines is 1. The van der Waals surface area contributed by atoms with Crippen LogP contribution in [0.5, 0.6) is 0 Å². The maximum Gasteiger partial charge on any atom is 0.319 e. The quantitative estimate of drug-likeness (QED) is 0.323. The van der Waals surface area contributed by atoms with Crippen molar-refractivity contribution in [3.05, 3.63) is 17.5 Å². The third kappa shape index (κ3) is 3.76. The van der Waals surface area contributed by atoms with Crippen molar-refractivity contribution in [2.75, 3.05) is 38.3 Å². The average Bonchev–Trinajstić information content (AvgIpc) is 3.21. The van der Waals surface area contributed by atoms with Gasteiger partial charge in [-0.2, -0.15) is 0 Å². The van der Waals surface area contributed by atoms with Gasteiger partial charge in [-0.25, -0.2) is 15.0 Å². The Labute approximate surface area is 189 Å². The van der Waals surface area contributed by atoms with Crippen LogP contribution in [-0.4, -0.2) is 59.6 Å². The van der Waals surface area contributed by atoms with E-state index in [9.17, 15) is 4.79 Å². The number of hydrogen-bond acceptors (Lipinski definition) is 9. The van der Waals surface area contributed by atoms with Crippen LogP contribution >= 0.6 is 23.1 Å². The maximum absolute atomic E-state index is 12.2. The highest BCUT2D eigenvalue weighted by molar-refractivity contribution is 8.00. The molecule has 1 aliphatic carbocycles. The van der Waals surface area contributed by atoms with Crippen molar-refractivity contribution < 1.29 is 14.3 Å². The third-order valence-corrected chi connectivity index (χ3v) is 8.62. The van der Waals surface area contributed by atoms with E-state index in [1.54, 1.807) is 17.7 Å². The number of fused-ring (bicyclic) bond motifs is 5. The van der Waals surface area contributed by atoms with E-state index < -0.39 is 0 Å². The number of aromatic nitrogens is 3. The molecule has 0 aromatic carbocycles. The molecule has 0 N–H and O–H groups in total. The Morgan fingerprint density at radius 3 is 2.77 bits per heavy atom. The number of rotatable bonds is 5. The number of thioether (sulfide) groups is 1. The Balaban J connectivity index is 1.67. The monoisotopic (exact) mass is 458 g/mol. The Kier molecular flexibility index (Phi) is 5.99. The molecule has 0 amide bonds. The third-order valence-electron chi connectivity index (χ3n) is 6.07. The first-order chi connectivity index (χ1) is 15.2. The Morgan fingerprint density at radius 2 is 2.03 bits per heavy atom. The molecule has 0 unspecified atom stereocenters. The number of ether oxygens (including phenoxy) is 2. The summed E-state index contributed by atoms with van der Waals surface area (Å²) in [4.78, 5) is 29.9. The van der Waals surface area contributed by atoms with Gasteiger partial charge in [0.25, 0.3) is 0 Å². The summed E-state index contributed by atoms with van der Waals surface area (Å²) in [5, 5.41) is 1.74. The number of methoxy groups -OCH3 is 1. The van der Waals surface area contributed by atoms with Crippen molar-refractivity contribution in [3.63, 3.8) is 0 Å². The summed E-state index contributed by atoms with van der Waals surface area (Å²) in [6.45, 7) is 5.25. The molecule has 2 aliphatic rings. The second kappa shape index (κ2) is 8.88. The summed E-state index contributed by atoms with van der Waals surface area (Å²) in [5.41, 5.74) is 3.75. The predicted octanol–water partition coefficient (Wildman–Crippen LogP) is 4.00. The molecule has 1 saturated heterocycles. The lowest BCUT2D eigenvalue weighted by Crippen LogP contribution is -2.37. The highest BCUT2D eigenvalue weighted by Crippen LogP contribution is 2.44. The van der Waals surface area contributed by atoms with Gasteiger partial charge in [-0.05, 0) is 43.2 Å². The van der Waals surface area contributed by atoms with Gasteiger partial charge in [0, 0.05) is 18.5 Å². The molecule has 1 atom stereocenters. The molecule has 9 heteroatoms. The fourth-order valence-electron chi connectivity index (χ4n) is 4.50. The molecule has 4 heterocycles. The standard InChI is InChI=1S/C22H26N4O3S2/c1-3-15(22(27)28-2)30-21-18-17(23-12-24-21)16-13-6-4-5-7-14(13)19(25-20(16)31-18)26-8-10-29-11-9-26/h12,15H,3-11H2,1-2H3/t15-/m0/s1. The minimum atomic E-state index is -0.279. The van der Waals surface area contributed by atoms with E-state index in [4.69, 9.17) is 14.5 Å². The van der Waals surface area contributed by atoms with Crippen LogP contribution in [-0.2, 0) is 27.1 Å². The molecule has 1 aliphatic heterocycles. The number of hydrogen-bond donors (Lipinski definition) is 0. The van der Waals surface area contributed by atoms with Crippen LogP contribution in [0.1, 0.15) is 37.3 Å². The number of thiophene rings is 1. The largest absolute Gasteiger partial charge is 0.468 e. The van der Waals surface area contributed by atoms with Crippen LogP contribution in [0.15, 0.2) is 11.4 Å². The van der Waals surface area contributed by atoms with Gasteiger partial charge in [0.15, 0.2) is 0 Å². The topological polar surface area (TPSA) is 77.4 Å². The van der Waals surface area contributed by atoms with E-state index in [-0.39, 0.29) is 11.2 Å². The second-order valence-electron chi connectivity index (χ2n) is 7.88. The lowest BCUT2D eigenvalue weighted by atomic mass is 9.90. The minimum absolute atomic E-state index is 0.217. The molecular weight excluding hydrogens is 432 g/mol. The molecule has 1 fully saturated rings.